The number of carboxylic acid groups (broad SMARTS) is 1. The maximum Gasteiger partial charge on any atom is 0.328 e. The fraction of sp³-hybridized carbons (Fsp3) is 0.156. The molecule has 41 heavy (non-hydrogen) atoms. The minimum absolute atomic E-state index is 0.000927. The smallest absolute Gasteiger partial charge is 0.328 e. The highest BCUT2D eigenvalue weighted by molar-refractivity contribution is 5.96. The summed E-state index contributed by atoms with van der Waals surface area (Å²) in [7, 11) is 1.59. The lowest BCUT2D eigenvalue weighted by atomic mass is 10.2. The van der Waals surface area contributed by atoms with E-state index in [0.29, 0.717) is 11.3 Å². The average molecular weight is 557 g/mol. The third-order valence-electron chi connectivity index (χ3n) is 6.01. The molecule has 3 aromatic carbocycles. The predicted molar refractivity (Wildman–Crippen MR) is 150 cm³/mol. The normalized spacial score (nSPS) is 10.8. The SMILES string of the molecule is COc1ccc(COc2ccnc(C(=O)N(C/C=C/C(=O)O)Cc3ccc(F)cc3)c2OCc2ccccc2)cc1. The number of hydrogen-bond acceptors (Lipinski definition) is 6. The lowest BCUT2D eigenvalue weighted by molar-refractivity contribution is -0.131. The summed E-state index contributed by atoms with van der Waals surface area (Å²) in [6.45, 7) is 0.408. The van der Waals surface area contributed by atoms with Gasteiger partial charge in [0.15, 0.2) is 17.2 Å². The van der Waals surface area contributed by atoms with Crippen molar-refractivity contribution >= 4 is 11.9 Å². The van der Waals surface area contributed by atoms with E-state index in [1.165, 1.54) is 29.3 Å². The van der Waals surface area contributed by atoms with Crippen LogP contribution in [0, 0.1) is 5.82 Å². The Morgan fingerprint density at radius 1 is 0.878 bits per heavy atom. The molecule has 0 aliphatic heterocycles. The average Bonchev–Trinajstić information content (AvgIpc) is 3.00. The highest BCUT2D eigenvalue weighted by atomic mass is 19.1. The number of pyridine rings is 1. The first-order valence-corrected chi connectivity index (χ1v) is 12.8. The zero-order valence-electron chi connectivity index (χ0n) is 22.4. The molecule has 0 spiro atoms. The molecule has 0 aliphatic carbocycles. The van der Waals surface area contributed by atoms with Gasteiger partial charge < -0.3 is 24.2 Å². The number of aromatic nitrogens is 1. The van der Waals surface area contributed by atoms with Gasteiger partial charge in [-0.05, 0) is 41.0 Å². The second kappa shape index (κ2) is 14.3. The van der Waals surface area contributed by atoms with Crippen molar-refractivity contribution in [2.45, 2.75) is 19.8 Å². The topological polar surface area (TPSA) is 98.2 Å². The molecular weight excluding hydrogens is 527 g/mol. The molecule has 0 saturated carbocycles. The van der Waals surface area contributed by atoms with Crippen LogP contribution in [0.5, 0.6) is 17.2 Å². The van der Waals surface area contributed by atoms with Gasteiger partial charge in [0.1, 0.15) is 24.8 Å². The highest BCUT2D eigenvalue weighted by Crippen LogP contribution is 2.33. The van der Waals surface area contributed by atoms with E-state index in [4.69, 9.17) is 19.3 Å². The molecule has 8 nitrogen and oxygen atoms in total. The van der Waals surface area contributed by atoms with Crippen molar-refractivity contribution in [2.24, 2.45) is 0 Å². The van der Waals surface area contributed by atoms with Gasteiger partial charge >= 0.3 is 5.97 Å². The minimum atomic E-state index is -1.14. The van der Waals surface area contributed by atoms with Crippen molar-refractivity contribution < 1.29 is 33.3 Å². The fourth-order valence-corrected chi connectivity index (χ4v) is 3.91. The Hall–Kier alpha value is -5.18. The van der Waals surface area contributed by atoms with Crippen LogP contribution in [0.15, 0.2) is 103 Å². The van der Waals surface area contributed by atoms with Gasteiger partial charge in [0.05, 0.1) is 7.11 Å². The van der Waals surface area contributed by atoms with E-state index in [1.807, 2.05) is 54.6 Å². The Morgan fingerprint density at radius 3 is 2.22 bits per heavy atom. The molecule has 0 saturated heterocycles. The molecule has 4 rings (SSSR count). The van der Waals surface area contributed by atoms with Crippen molar-refractivity contribution in [3.05, 3.63) is 131 Å². The first kappa shape index (κ1) is 28.8. The zero-order chi connectivity index (χ0) is 29.0. The van der Waals surface area contributed by atoms with E-state index in [0.717, 1.165) is 23.0 Å². The molecular formula is C32H29FN2O6. The Labute approximate surface area is 237 Å². The molecule has 0 unspecified atom stereocenters. The summed E-state index contributed by atoms with van der Waals surface area (Å²) in [6, 6.07) is 24.2. The molecule has 1 amide bonds. The molecule has 0 radical (unpaired) electrons. The number of rotatable bonds is 13. The number of methoxy groups -OCH3 is 1. The van der Waals surface area contributed by atoms with Gasteiger partial charge in [-0.2, -0.15) is 0 Å². The van der Waals surface area contributed by atoms with Gasteiger partial charge in [0.25, 0.3) is 5.91 Å². The van der Waals surface area contributed by atoms with E-state index < -0.39 is 17.7 Å². The van der Waals surface area contributed by atoms with Gasteiger partial charge in [-0.15, -0.1) is 0 Å². The van der Waals surface area contributed by atoms with Crippen LogP contribution in [0.4, 0.5) is 4.39 Å². The lowest BCUT2D eigenvalue weighted by Crippen LogP contribution is -2.32. The second-order valence-corrected chi connectivity index (χ2v) is 8.95. The van der Waals surface area contributed by atoms with Gasteiger partial charge in [-0.3, -0.25) is 4.79 Å². The maximum absolute atomic E-state index is 13.9. The molecule has 210 valence electrons. The van der Waals surface area contributed by atoms with Crippen LogP contribution in [-0.2, 0) is 24.6 Å². The van der Waals surface area contributed by atoms with Crippen LogP contribution >= 0.6 is 0 Å². The van der Waals surface area contributed by atoms with E-state index in [2.05, 4.69) is 4.98 Å². The zero-order valence-corrected chi connectivity index (χ0v) is 22.4. The van der Waals surface area contributed by atoms with E-state index >= 15 is 0 Å². The molecule has 0 fully saturated rings. The van der Waals surface area contributed by atoms with E-state index in [9.17, 15) is 14.0 Å². The molecule has 0 bridgehead atoms. The van der Waals surface area contributed by atoms with Crippen LogP contribution in [0.25, 0.3) is 0 Å². The highest BCUT2D eigenvalue weighted by Gasteiger charge is 2.25. The van der Waals surface area contributed by atoms with Crippen molar-refractivity contribution in [2.75, 3.05) is 13.7 Å². The quantitative estimate of drug-likeness (QED) is 0.212. The molecule has 4 aromatic rings. The monoisotopic (exact) mass is 556 g/mol. The number of ether oxygens (including phenoxy) is 3. The lowest BCUT2D eigenvalue weighted by Gasteiger charge is -2.23. The van der Waals surface area contributed by atoms with Gasteiger partial charge in [-0.1, -0.05) is 60.7 Å². The number of amides is 1. The Kier molecular flexibility index (Phi) is 10.0. The summed E-state index contributed by atoms with van der Waals surface area (Å²) in [6.07, 6.45) is 3.77. The molecule has 1 N–H and O–H groups in total. The molecule has 1 heterocycles. The van der Waals surface area contributed by atoms with E-state index in [1.54, 1.807) is 25.3 Å². The number of carboxylic acids is 1. The fourth-order valence-electron chi connectivity index (χ4n) is 3.91. The number of carbonyl (C=O) groups is 2. The molecule has 0 aliphatic rings. The number of aliphatic carboxylic acids is 1. The summed E-state index contributed by atoms with van der Waals surface area (Å²) in [5, 5.41) is 9.06. The summed E-state index contributed by atoms with van der Waals surface area (Å²) in [5.74, 6) is -0.868. The van der Waals surface area contributed by atoms with Crippen LogP contribution in [0.1, 0.15) is 27.2 Å². The van der Waals surface area contributed by atoms with E-state index in [-0.39, 0.29) is 37.7 Å². The number of carbonyl (C=O) groups excluding carboxylic acids is 1. The van der Waals surface area contributed by atoms with Crippen molar-refractivity contribution in [3.63, 3.8) is 0 Å². The summed E-state index contributed by atoms with van der Waals surface area (Å²) in [5.41, 5.74) is 2.41. The summed E-state index contributed by atoms with van der Waals surface area (Å²) >= 11 is 0. The second-order valence-electron chi connectivity index (χ2n) is 8.95. The Morgan fingerprint density at radius 2 is 1.54 bits per heavy atom. The summed E-state index contributed by atoms with van der Waals surface area (Å²) < 4.78 is 30.9. The Balaban J connectivity index is 1.65. The molecule has 0 atom stereocenters. The summed E-state index contributed by atoms with van der Waals surface area (Å²) in [4.78, 5) is 30.7. The first-order chi connectivity index (χ1) is 19.9. The largest absolute Gasteiger partial charge is 0.497 e. The number of nitrogens with zero attached hydrogens (tertiary/aromatic N) is 2. The van der Waals surface area contributed by atoms with Gasteiger partial charge in [0.2, 0.25) is 0 Å². The standard InChI is InChI=1S/C32H29FN2O6/c1-39-27-15-11-25(12-16-27)21-40-28-17-18-34-30(31(28)41-22-24-6-3-2-4-7-24)32(38)35(19-5-8-29(36)37)20-23-9-13-26(33)14-10-23/h2-18H,19-22H2,1H3,(H,36,37)/b8-5+. The number of halogens is 1. The Bertz CT molecular complexity index is 1470. The molecule has 1 aromatic heterocycles. The van der Waals surface area contributed by atoms with Crippen LogP contribution in [0.2, 0.25) is 0 Å². The first-order valence-electron chi connectivity index (χ1n) is 12.8. The number of hydrogen-bond donors (Lipinski definition) is 1. The van der Waals surface area contributed by atoms with Crippen molar-refractivity contribution in [1.82, 2.24) is 9.88 Å². The van der Waals surface area contributed by atoms with Gasteiger partial charge in [0, 0.05) is 31.4 Å². The maximum atomic E-state index is 13.9. The molecule has 9 heteroatoms. The van der Waals surface area contributed by atoms with Crippen LogP contribution in [0.3, 0.4) is 0 Å². The third-order valence-corrected chi connectivity index (χ3v) is 6.01. The third kappa shape index (κ3) is 8.40. The van der Waals surface area contributed by atoms with Crippen LogP contribution < -0.4 is 14.2 Å². The van der Waals surface area contributed by atoms with Crippen molar-refractivity contribution in [1.29, 1.82) is 0 Å². The van der Waals surface area contributed by atoms with Gasteiger partial charge in [-0.25, -0.2) is 14.2 Å². The minimum Gasteiger partial charge on any atom is -0.497 e. The van der Waals surface area contributed by atoms with Crippen molar-refractivity contribution in [3.8, 4) is 17.2 Å². The predicted octanol–water partition coefficient (Wildman–Crippen LogP) is 5.67. The van der Waals surface area contributed by atoms with Crippen LogP contribution in [-0.4, -0.2) is 40.5 Å². The number of benzene rings is 3.